The van der Waals surface area contributed by atoms with Gasteiger partial charge in [0.1, 0.15) is 12.2 Å². The number of rotatable bonds is 13. The van der Waals surface area contributed by atoms with Crippen molar-refractivity contribution in [3.63, 3.8) is 0 Å². The first-order valence-electron chi connectivity index (χ1n) is 12.8. The number of carbonyl (C=O) groups is 1. The predicted octanol–water partition coefficient (Wildman–Crippen LogP) is 2.40. The minimum absolute atomic E-state index is 0.0573. The Morgan fingerprint density at radius 2 is 1.92 bits per heavy atom. The highest BCUT2D eigenvalue weighted by Gasteiger charge is 2.37. The first-order valence-corrected chi connectivity index (χ1v) is 15.8. The molecule has 0 bridgehead atoms. The summed E-state index contributed by atoms with van der Waals surface area (Å²) in [6, 6.07) is 7.89. The molecule has 1 aliphatic carbocycles. The summed E-state index contributed by atoms with van der Waals surface area (Å²) < 4.78 is 56.4. The molecular formula is C25H38N3O9PS. The number of carbonyl (C=O) groups excluding carboxylic acids is 1. The highest BCUT2D eigenvalue weighted by atomic mass is 32.2. The van der Waals surface area contributed by atoms with Gasteiger partial charge in [-0.3, -0.25) is 4.52 Å². The van der Waals surface area contributed by atoms with Gasteiger partial charge in [0.05, 0.1) is 24.2 Å². The number of benzene rings is 1. The second-order valence-corrected chi connectivity index (χ2v) is 13.2. The molecule has 1 aromatic carbocycles. The van der Waals surface area contributed by atoms with Crippen molar-refractivity contribution in [2.45, 2.75) is 57.8 Å². The summed E-state index contributed by atoms with van der Waals surface area (Å²) >= 11 is 0. The van der Waals surface area contributed by atoms with Crippen molar-refractivity contribution in [1.82, 2.24) is 9.62 Å². The number of nitrogens with one attached hydrogen (secondary N) is 1. The maximum Gasteiger partial charge on any atom is 0.469 e. The molecule has 0 spiro atoms. The third kappa shape index (κ3) is 10.0. The van der Waals surface area contributed by atoms with Crippen LogP contribution in [-0.4, -0.2) is 73.2 Å². The SMILES string of the molecule is CC(C)CN(C[C@@H](OP(=O)(O)O)[C@H](Cc1ccccc1)NC(=O)O[C@H]1CCOC1)S(=O)(=O)C1=CC=C(N)CC1. The average Bonchev–Trinajstić information content (AvgIpc) is 3.35. The normalized spacial score (nSPS) is 19.9. The number of hydrogen-bond donors (Lipinski definition) is 4. The number of alkyl carbamates (subject to hydrolysis) is 1. The van der Waals surface area contributed by atoms with E-state index in [1.807, 2.05) is 13.8 Å². The zero-order valence-electron chi connectivity index (χ0n) is 22.1. The molecule has 1 amide bonds. The van der Waals surface area contributed by atoms with E-state index in [1.54, 1.807) is 30.3 Å². The van der Waals surface area contributed by atoms with Crippen LogP contribution in [0.4, 0.5) is 4.79 Å². The van der Waals surface area contributed by atoms with Gasteiger partial charge in [0, 0.05) is 25.2 Å². The summed E-state index contributed by atoms with van der Waals surface area (Å²) in [5.74, 6) is -0.117. The Balaban J connectivity index is 1.94. The summed E-state index contributed by atoms with van der Waals surface area (Å²) in [5, 5.41) is 2.66. The third-order valence-corrected chi connectivity index (χ3v) is 8.78. The molecule has 0 unspecified atom stereocenters. The standard InChI is InChI=1S/C25H38N3O9PS/c1-18(2)15-28(39(33,34)22-10-8-20(26)9-11-22)16-24(37-38(30,31)32)23(14-19-6-4-3-5-7-19)27-25(29)36-21-12-13-35-17-21/h3-8,10,18,21,23-24H,9,11-17,26H2,1-2H3,(H,27,29)(H2,30,31,32)/t21-,23-,24+/m0/s1. The quantitative estimate of drug-likeness (QED) is 0.251. The van der Waals surface area contributed by atoms with E-state index in [1.165, 1.54) is 12.2 Å². The predicted molar refractivity (Wildman–Crippen MR) is 145 cm³/mol. The fourth-order valence-electron chi connectivity index (χ4n) is 4.39. The Bertz CT molecular complexity index is 1180. The number of nitrogens with zero attached hydrogens (tertiary/aromatic N) is 1. The fraction of sp³-hybridized carbons (Fsp3) is 0.560. The van der Waals surface area contributed by atoms with Crippen LogP contribution in [0.1, 0.15) is 38.7 Å². The summed E-state index contributed by atoms with van der Waals surface area (Å²) in [6.07, 6.45) is 1.48. The molecule has 218 valence electrons. The lowest BCUT2D eigenvalue weighted by molar-refractivity contribution is 0.0602. The van der Waals surface area contributed by atoms with Gasteiger partial charge >= 0.3 is 13.9 Å². The maximum absolute atomic E-state index is 13.7. The number of sulfonamides is 1. The van der Waals surface area contributed by atoms with Crippen LogP contribution in [0, 0.1) is 5.92 Å². The Morgan fingerprint density at radius 3 is 2.49 bits per heavy atom. The first-order chi connectivity index (χ1) is 18.3. The van der Waals surface area contributed by atoms with Gasteiger partial charge in [-0.05, 0) is 42.9 Å². The fourth-order valence-corrected chi connectivity index (χ4v) is 6.73. The highest BCUT2D eigenvalue weighted by molar-refractivity contribution is 7.93. The molecule has 0 radical (unpaired) electrons. The van der Waals surface area contributed by atoms with E-state index >= 15 is 0 Å². The first kappa shape index (κ1) is 31.3. The van der Waals surface area contributed by atoms with E-state index in [2.05, 4.69) is 5.32 Å². The van der Waals surface area contributed by atoms with Gasteiger partial charge in [-0.1, -0.05) is 44.2 Å². The Kier molecular flexibility index (Phi) is 11.1. The molecule has 1 saturated heterocycles. The zero-order chi connectivity index (χ0) is 28.6. The monoisotopic (exact) mass is 587 g/mol. The minimum atomic E-state index is -5.11. The molecule has 0 saturated carbocycles. The van der Waals surface area contributed by atoms with Gasteiger partial charge in [-0.25, -0.2) is 17.8 Å². The lowest BCUT2D eigenvalue weighted by atomic mass is 10.0. The molecule has 1 aromatic rings. The zero-order valence-corrected chi connectivity index (χ0v) is 23.9. The van der Waals surface area contributed by atoms with Crippen molar-refractivity contribution in [3.8, 4) is 0 Å². The Labute approximate surface area is 229 Å². The number of phosphoric acid groups is 1. The number of allylic oxidation sites excluding steroid dienone is 4. The third-order valence-electron chi connectivity index (χ3n) is 6.25. The summed E-state index contributed by atoms with van der Waals surface area (Å²) in [4.78, 5) is 32.5. The molecule has 0 aromatic heterocycles. The molecule has 2 aliphatic rings. The van der Waals surface area contributed by atoms with Crippen molar-refractivity contribution in [2.75, 3.05) is 26.3 Å². The second-order valence-electron chi connectivity index (χ2n) is 10.1. The second kappa shape index (κ2) is 13.9. The lowest BCUT2D eigenvalue weighted by Gasteiger charge is -2.34. The van der Waals surface area contributed by atoms with Crippen LogP contribution in [0.5, 0.6) is 0 Å². The molecule has 1 heterocycles. The van der Waals surface area contributed by atoms with Crippen LogP contribution in [0.15, 0.2) is 53.1 Å². The van der Waals surface area contributed by atoms with Crippen molar-refractivity contribution >= 4 is 23.9 Å². The Morgan fingerprint density at radius 1 is 1.21 bits per heavy atom. The van der Waals surface area contributed by atoms with E-state index in [9.17, 15) is 27.6 Å². The van der Waals surface area contributed by atoms with Gasteiger partial charge in [0.2, 0.25) is 10.0 Å². The van der Waals surface area contributed by atoms with Gasteiger partial charge in [0.25, 0.3) is 0 Å². The van der Waals surface area contributed by atoms with E-state index in [4.69, 9.17) is 19.7 Å². The van der Waals surface area contributed by atoms with Crippen molar-refractivity contribution in [3.05, 3.63) is 58.6 Å². The molecule has 1 aliphatic heterocycles. The average molecular weight is 588 g/mol. The van der Waals surface area contributed by atoms with Gasteiger partial charge < -0.3 is 30.3 Å². The molecule has 3 atom stereocenters. The van der Waals surface area contributed by atoms with Gasteiger partial charge in [0.15, 0.2) is 0 Å². The molecule has 5 N–H and O–H groups in total. The summed E-state index contributed by atoms with van der Waals surface area (Å²) in [6.45, 7) is 3.99. The van der Waals surface area contributed by atoms with Crippen LogP contribution in [0.25, 0.3) is 0 Å². The van der Waals surface area contributed by atoms with Gasteiger partial charge in [-0.15, -0.1) is 0 Å². The highest BCUT2D eigenvalue weighted by Crippen LogP contribution is 2.39. The maximum atomic E-state index is 13.7. The topological polar surface area (TPSA) is 178 Å². The van der Waals surface area contributed by atoms with Crippen LogP contribution in [0.3, 0.4) is 0 Å². The molecule has 14 heteroatoms. The molecule has 1 fully saturated rings. The van der Waals surface area contributed by atoms with E-state index in [0.29, 0.717) is 25.1 Å². The lowest BCUT2D eigenvalue weighted by Crippen LogP contribution is -2.52. The number of amides is 1. The summed E-state index contributed by atoms with van der Waals surface area (Å²) in [5.41, 5.74) is 7.10. The molecule has 12 nitrogen and oxygen atoms in total. The number of phosphoric ester groups is 1. The largest absolute Gasteiger partial charge is 0.469 e. The van der Waals surface area contributed by atoms with Crippen molar-refractivity contribution < 1.29 is 41.6 Å². The minimum Gasteiger partial charge on any atom is -0.444 e. The van der Waals surface area contributed by atoms with Crippen molar-refractivity contribution in [1.29, 1.82) is 0 Å². The number of nitrogens with two attached hydrogens (primary N) is 1. The van der Waals surface area contributed by atoms with E-state index in [0.717, 1.165) is 9.87 Å². The van der Waals surface area contributed by atoms with E-state index in [-0.39, 0.29) is 36.8 Å². The van der Waals surface area contributed by atoms with Crippen LogP contribution in [0.2, 0.25) is 0 Å². The number of hydrogen-bond acceptors (Lipinski definition) is 8. The van der Waals surface area contributed by atoms with Gasteiger partial charge in [-0.2, -0.15) is 4.31 Å². The number of ether oxygens (including phenoxy) is 2. The molecular weight excluding hydrogens is 549 g/mol. The molecule has 3 rings (SSSR count). The van der Waals surface area contributed by atoms with Crippen molar-refractivity contribution in [2.24, 2.45) is 11.7 Å². The molecule has 39 heavy (non-hydrogen) atoms. The smallest absolute Gasteiger partial charge is 0.444 e. The van der Waals surface area contributed by atoms with Crippen LogP contribution in [-0.2, 0) is 35.0 Å². The van der Waals surface area contributed by atoms with E-state index < -0.39 is 48.7 Å². The van der Waals surface area contributed by atoms with Crippen LogP contribution < -0.4 is 11.1 Å². The Hall–Kier alpha value is -2.25. The van der Waals surface area contributed by atoms with Crippen LogP contribution >= 0.6 is 7.82 Å². The summed E-state index contributed by atoms with van der Waals surface area (Å²) in [7, 11) is -9.16.